The van der Waals surface area contributed by atoms with Gasteiger partial charge in [-0.05, 0) is 58.8 Å². The van der Waals surface area contributed by atoms with Crippen LogP contribution in [0.25, 0.3) is 0 Å². The van der Waals surface area contributed by atoms with Crippen LogP contribution in [0.3, 0.4) is 0 Å². The summed E-state index contributed by atoms with van der Waals surface area (Å²) < 4.78 is 38.4. The van der Waals surface area contributed by atoms with E-state index in [0.717, 1.165) is 9.13 Å². The highest BCUT2D eigenvalue weighted by molar-refractivity contribution is 14.1. The van der Waals surface area contributed by atoms with Crippen molar-refractivity contribution in [2.45, 2.75) is 39.7 Å². The second-order valence-corrected chi connectivity index (χ2v) is 6.52. The van der Waals surface area contributed by atoms with E-state index in [2.05, 4.69) is 22.6 Å². The van der Waals surface area contributed by atoms with Crippen LogP contribution < -0.4 is 9.47 Å². The fourth-order valence-electron chi connectivity index (χ4n) is 2.24. The Kier molecular flexibility index (Phi) is 7.16. The number of carbonyl (C=O) groups excluding carboxylic acids is 1. The van der Waals surface area contributed by atoms with Gasteiger partial charge in [0.15, 0.2) is 0 Å². The molecule has 0 spiro atoms. The summed E-state index contributed by atoms with van der Waals surface area (Å²) in [5.74, 6) is 0.172. The minimum atomic E-state index is -2.62. The first-order chi connectivity index (χ1) is 12.0. The van der Waals surface area contributed by atoms with E-state index in [1.54, 1.807) is 31.2 Å². The Bertz CT molecular complexity index is 747. The van der Waals surface area contributed by atoms with Gasteiger partial charge in [-0.1, -0.05) is 26.0 Å². The predicted molar refractivity (Wildman–Crippen MR) is 100 cm³/mol. The van der Waals surface area contributed by atoms with Crippen LogP contribution in [0.2, 0.25) is 0 Å². The highest BCUT2D eigenvalue weighted by atomic mass is 127. The maximum absolute atomic E-state index is 13.3. The normalized spacial score (nSPS) is 10.8. The van der Waals surface area contributed by atoms with Crippen molar-refractivity contribution in [1.29, 1.82) is 0 Å². The van der Waals surface area contributed by atoms with Gasteiger partial charge in [-0.2, -0.15) is 0 Å². The summed E-state index contributed by atoms with van der Waals surface area (Å²) in [6.07, 6.45) is -1.69. The van der Waals surface area contributed by atoms with Crippen LogP contribution in [0, 0.1) is 3.57 Å². The Labute approximate surface area is 159 Å². The molecule has 0 radical (unpaired) electrons. The summed E-state index contributed by atoms with van der Waals surface area (Å²) in [5.41, 5.74) is 1.36. The van der Waals surface area contributed by atoms with E-state index in [-0.39, 0.29) is 30.3 Å². The highest BCUT2D eigenvalue weighted by Crippen LogP contribution is 2.32. The van der Waals surface area contributed by atoms with Gasteiger partial charge in [0.05, 0.1) is 5.56 Å². The maximum Gasteiger partial charge on any atom is 0.310 e. The van der Waals surface area contributed by atoms with Crippen LogP contribution in [0.5, 0.6) is 11.5 Å². The molecule has 0 aliphatic carbocycles. The van der Waals surface area contributed by atoms with Gasteiger partial charge in [0.25, 0.3) is 6.43 Å². The molecule has 0 unspecified atom stereocenters. The van der Waals surface area contributed by atoms with Crippen molar-refractivity contribution >= 4 is 28.6 Å². The predicted octanol–water partition coefficient (Wildman–Crippen LogP) is 5.69. The molecule has 3 nitrogen and oxygen atoms in total. The molecule has 0 fully saturated rings. The van der Waals surface area contributed by atoms with Crippen molar-refractivity contribution < 1.29 is 23.0 Å². The SMILES string of the molecule is CCC(=O)Oc1cccc(I)c1COc1ccc(CC)cc1C(F)F. The average molecular weight is 460 g/mol. The van der Waals surface area contributed by atoms with Crippen molar-refractivity contribution in [3.8, 4) is 11.5 Å². The summed E-state index contributed by atoms with van der Waals surface area (Å²) >= 11 is 2.10. The van der Waals surface area contributed by atoms with E-state index in [1.807, 2.05) is 13.0 Å². The van der Waals surface area contributed by atoms with Crippen LogP contribution >= 0.6 is 22.6 Å². The van der Waals surface area contributed by atoms with Crippen molar-refractivity contribution in [3.63, 3.8) is 0 Å². The van der Waals surface area contributed by atoms with Crippen molar-refractivity contribution in [3.05, 3.63) is 56.7 Å². The fourth-order valence-corrected chi connectivity index (χ4v) is 2.87. The smallest absolute Gasteiger partial charge is 0.310 e. The zero-order chi connectivity index (χ0) is 18.4. The Morgan fingerprint density at radius 2 is 1.92 bits per heavy atom. The highest BCUT2D eigenvalue weighted by Gasteiger charge is 2.17. The van der Waals surface area contributed by atoms with Gasteiger partial charge in [-0.3, -0.25) is 4.79 Å². The quantitative estimate of drug-likeness (QED) is 0.303. The number of halogens is 3. The van der Waals surface area contributed by atoms with Crippen LogP contribution in [0.1, 0.15) is 43.4 Å². The molecule has 0 aromatic heterocycles. The van der Waals surface area contributed by atoms with E-state index >= 15 is 0 Å². The molecule has 0 aliphatic heterocycles. The zero-order valence-corrected chi connectivity index (χ0v) is 16.2. The van der Waals surface area contributed by atoms with Crippen LogP contribution in [-0.4, -0.2) is 5.97 Å². The topological polar surface area (TPSA) is 35.5 Å². The molecule has 0 aliphatic rings. The van der Waals surface area contributed by atoms with Crippen molar-refractivity contribution in [2.24, 2.45) is 0 Å². The number of carbonyl (C=O) groups is 1. The van der Waals surface area contributed by atoms with Crippen molar-refractivity contribution in [1.82, 2.24) is 0 Å². The van der Waals surface area contributed by atoms with Crippen LogP contribution in [-0.2, 0) is 17.8 Å². The second kappa shape index (κ2) is 9.12. The van der Waals surface area contributed by atoms with Crippen molar-refractivity contribution in [2.75, 3.05) is 0 Å². The number of alkyl halides is 2. The summed E-state index contributed by atoms with van der Waals surface area (Å²) in [6.45, 7) is 3.65. The number of rotatable bonds is 7. The molecule has 0 saturated heterocycles. The van der Waals surface area contributed by atoms with Gasteiger partial charge < -0.3 is 9.47 Å². The molecule has 0 saturated carbocycles. The number of hydrogen-bond donors (Lipinski definition) is 0. The minimum absolute atomic E-state index is 0.0383. The Morgan fingerprint density at radius 1 is 1.16 bits per heavy atom. The lowest BCUT2D eigenvalue weighted by atomic mass is 10.1. The largest absolute Gasteiger partial charge is 0.488 e. The molecule has 2 rings (SSSR count). The Morgan fingerprint density at radius 3 is 2.56 bits per heavy atom. The standard InChI is InChI=1S/C19H19F2IO3/c1-3-12-8-9-16(13(10-12)19(20)21)24-11-14-15(22)6-5-7-17(14)25-18(23)4-2/h5-10,19H,3-4,11H2,1-2H3. The number of benzene rings is 2. The van der Waals surface area contributed by atoms with Gasteiger partial charge in [0.2, 0.25) is 0 Å². The molecular formula is C19H19F2IO3. The molecule has 25 heavy (non-hydrogen) atoms. The number of esters is 1. The molecule has 2 aromatic rings. The average Bonchev–Trinajstić information content (AvgIpc) is 2.60. The summed E-state index contributed by atoms with van der Waals surface area (Å²) in [5, 5.41) is 0. The van der Waals surface area contributed by atoms with Gasteiger partial charge >= 0.3 is 5.97 Å². The second-order valence-electron chi connectivity index (χ2n) is 5.36. The Hall–Kier alpha value is -1.70. The van der Waals surface area contributed by atoms with Crippen LogP contribution in [0.15, 0.2) is 36.4 Å². The number of aryl methyl sites for hydroxylation is 1. The molecule has 0 N–H and O–H groups in total. The van der Waals surface area contributed by atoms with Gasteiger partial charge in [-0.25, -0.2) is 8.78 Å². The lowest BCUT2D eigenvalue weighted by molar-refractivity contribution is -0.134. The number of ether oxygens (including phenoxy) is 2. The Balaban J connectivity index is 2.26. The first kappa shape index (κ1) is 19.6. The summed E-state index contributed by atoms with van der Waals surface area (Å²) in [6, 6.07) is 10.1. The molecule has 134 valence electrons. The third-order valence-corrected chi connectivity index (χ3v) is 4.69. The van der Waals surface area contributed by atoms with E-state index in [0.29, 0.717) is 17.7 Å². The molecule has 0 amide bonds. The maximum atomic E-state index is 13.3. The van der Waals surface area contributed by atoms with Gasteiger partial charge in [0, 0.05) is 15.6 Å². The number of hydrogen-bond acceptors (Lipinski definition) is 3. The first-order valence-electron chi connectivity index (χ1n) is 7.98. The molecule has 0 heterocycles. The molecule has 2 aromatic carbocycles. The lowest BCUT2D eigenvalue weighted by Gasteiger charge is -2.15. The van der Waals surface area contributed by atoms with E-state index in [1.165, 1.54) is 6.07 Å². The molecular weight excluding hydrogens is 441 g/mol. The van der Waals surface area contributed by atoms with Gasteiger partial charge in [0.1, 0.15) is 18.1 Å². The summed E-state index contributed by atoms with van der Waals surface area (Å²) in [4.78, 5) is 11.6. The monoisotopic (exact) mass is 460 g/mol. The molecule has 0 atom stereocenters. The summed E-state index contributed by atoms with van der Waals surface area (Å²) in [7, 11) is 0. The van der Waals surface area contributed by atoms with E-state index < -0.39 is 6.43 Å². The minimum Gasteiger partial charge on any atom is -0.488 e. The van der Waals surface area contributed by atoms with E-state index in [9.17, 15) is 13.6 Å². The molecule has 6 heteroatoms. The first-order valence-corrected chi connectivity index (χ1v) is 9.05. The molecule has 0 bridgehead atoms. The van der Waals surface area contributed by atoms with E-state index in [4.69, 9.17) is 9.47 Å². The zero-order valence-electron chi connectivity index (χ0n) is 14.0. The third-order valence-electron chi connectivity index (χ3n) is 3.68. The van der Waals surface area contributed by atoms with Crippen LogP contribution in [0.4, 0.5) is 8.78 Å². The van der Waals surface area contributed by atoms with Gasteiger partial charge in [-0.15, -0.1) is 0 Å². The lowest BCUT2D eigenvalue weighted by Crippen LogP contribution is -2.10. The fraction of sp³-hybridized carbons (Fsp3) is 0.316. The third kappa shape index (κ3) is 5.14.